The molecule has 0 fully saturated rings. The van der Waals surface area contributed by atoms with E-state index < -0.39 is 12.1 Å². The van der Waals surface area contributed by atoms with Gasteiger partial charge in [-0.15, -0.1) is 0 Å². The molecule has 8 nitrogen and oxygen atoms in total. The third-order valence-corrected chi connectivity index (χ3v) is 5.04. The van der Waals surface area contributed by atoms with Gasteiger partial charge in [0.05, 0.1) is 0 Å². The molecule has 4 aromatic rings. The Hall–Kier alpha value is -4.98. The minimum absolute atomic E-state index is 0.0764. The Morgan fingerprint density at radius 3 is 1.26 bits per heavy atom. The Kier molecular flexibility index (Phi) is 7.13. The van der Waals surface area contributed by atoms with Crippen molar-refractivity contribution in [2.75, 3.05) is 21.3 Å². The number of hydrogen-bond acceptors (Lipinski definition) is 4. The van der Waals surface area contributed by atoms with Gasteiger partial charge in [-0.1, -0.05) is 36.4 Å². The molecule has 0 aromatic heterocycles. The standard InChI is InChI=1S/C27H24N4O4/c32-24-5-1-3-22(16-24)30-26(34)28-20-11-7-18(8-12-20)15-19-9-13-21(14-10-19)29-27(35)31-23-4-2-6-25(33)17-23/h1-14,16-17,32-33H,15H2,(H2,28,30,34)(H2,29,31,35). The summed E-state index contributed by atoms with van der Waals surface area (Å²) in [5.74, 6) is 0.153. The number of aromatic hydroxyl groups is 2. The van der Waals surface area contributed by atoms with E-state index in [4.69, 9.17) is 0 Å². The number of rotatable bonds is 6. The molecule has 4 amide bonds. The number of urea groups is 2. The van der Waals surface area contributed by atoms with Gasteiger partial charge in [-0.3, -0.25) is 0 Å². The summed E-state index contributed by atoms with van der Waals surface area (Å²) in [5, 5.41) is 29.8. The highest BCUT2D eigenvalue weighted by Gasteiger charge is 2.06. The van der Waals surface area contributed by atoms with Crippen molar-refractivity contribution >= 4 is 34.8 Å². The molecule has 4 aromatic carbocycles. The lowest BCUT2D eigenvalue weighted by atomic mass is 10.0. The van der Waals surface area contributed by atoms with Crippen molar-refractivity contribution in [1.29, 1.82) is 0 Å². The molecule has 0 aliphatic heterocycles. The summed E-state index contributed by atoms with van der Waals surface area (Å²) < 4.78 is 0. The van der Waals surface area contributed by atoms with Gasteiger partial charge in [0.15, 0.2) is 0 Å². The summed E-state index contributed by atoms with van der Waals surface area (Å²) in [6, 6.07) is 26.8. The van der Waals surface area contributed by atoms with Crippen LogP contribution in [-0.4, -0.2) is 22.3 Å². The molecular weight excluding hydrogens is 444 g/mol. The molecule has 0 radical (unpaired) electrons. The van der Waals surface area contributed by atoms with Gasteiger partial charge in [-0.05, 0) is 66.1 Å². The Morgan fingerprint density at radius 1 is 0.514 bits per heavy atom. The summed E-state index contributed by atoms with van der Waals surface area (Å²) in [7, 11) is 0. The van der Waals surface area contributed by atoms with E-state index in [0.29, 0.717) is 29.2 Å². The first-order valence-electron chi connectivity index (χ1n) is 10.8. The van der Waals surface area contributed by atoms with E-state index in [9.17, 15) is 19.8 Å². The summed E-state index contributed by atoms with van der Waals surface area (Å²) >= 11 is 0. The van der Waals surface area contributed by atoms with Gasteiger partial charge < -0.3 is 31.5 Å². The second-order valence-corrected chi connectivity index (χ2v) is 7.83. The molecule has 0 aliphatic rings. The highest BCUT2D eigenvalue weighted by atomic mass is 16.3. The number of phenols is 2. The van der Waals surface area contributed by atoms with Crippen molar-refractivity contribution in [2.45, 2.75) is 6.42 Å². The van der Waals surface area contributed by atoms with Gasteiger partial charge >= 0.3 is 12.1 Å². The highest BCUT2D eigenvalue weighted by Crippen LogP contribution is 2.19. The summed E-state index contributed by atoms with van der Waals surface area (Å²) in [4.78, 5) is 24.3. The Morgan fingerprint density at radius 2 is 0.886 bits per heavy atom. The Labute approximate surface area is 202 Å². The minimum atomic E-state index is -0.403. The van der Waals surface area contributed by atoms with Crippen molar-refractivity contribution in [1.82, 2.24) is 0 Å². The van der Waals surface area contributed by atoms with E-state index in [1.165, 1.54) is 24.3 Å². The van der Waals surface area contributed by atoms with Crippen molar-refractivity contribution < 1.29 is 19.8 Å². The number of phenolic OH excluding ortho intramolecular Hbond substituents is 2. The van der Waals surface area contributed by atoms with Crippen molar-refractivity contribution in [2.24, 2.45) is 0 Å². The van der Waals surface area contributed by atoms with Crippen LogP contribution in [0.25, 0.3) is 0 Å². The van der Waals surface area contributed by atoms with Crippen LogP contribution in [0.1, 0.15) is 11.1 Å². The fourth-order valence-corrected chi connectivity index (χ4v) is 3.40. The van der Waals surface area contributed by atoms with Crippen LogP contribution in [0.3, 0.4) is 0 Å². The van der Waals surface area contributed by atoms with Gasteiger partial charge in [-0.2, -0.15) is 0 Å². The van der Waals surface area contributed by atoms with Crippen molar-refractivity contribution in [3.8, 4) is 11.5 Å². The first kappa shape index (κ1) is 23.2. The average Bonchev–Trinajstić information content (AvgIpc) is 2.81. The van der Waals surface area contributed by atoms with E-state index in [1.54, 1.807) is 24.3 Å². The summed E-state index contributed by atoms with van der Waals surface area (Å²) in [5.41, 5.74) is 4.40. The van der Waals surface area contributed by atoms with Crippen molar-refractivity contribution in [3.05, 3.63) is 108 Å². The topological polar surface area (TPSA) is 123 Å². The summed E-state index contributed by atoms with van der Waals surface area (Å²) in [6.07, 6.45) is 0.686. The smallest absolute Gasteiger partial charge is 0.323 e. The molecule has 0 saturated carbocycles. The third-order valence-electron chi connectivity index (χ3n) is 5.04. The number of carbonyl (C=O) groups is 2. The van der Waals surface area contributed by atoms with E-state index >= 15 is 0 Å². The van der Waals surface area contributed by atoms with Gasteiger partial charge in [0.2, 0.25) is 0 Å². The highest BCUT2D eigenvalue weighted by molar-refractivity contribution is 6.00. The molecule has 35 heavy (non-hydrogen) atoms. The molecular formula is C27H24N4O4. The third kappa shape index (κ3) is 7.00. The number of carbonyl (C=O) groups excluding carboxylic acids is 2. The second kappa shape index (κ2) is 10.8. The molecule has 176 valence electrons. The van der Waals surface area contributed by atoms with Crippen LogP contribution in [0.15, 0.2) is 97.1 Å². The lowest BCUT2D eigenvalue weighted by Gasteiger charge is -2.10. The largest absolute Gasteiger partial charge is 0.508 e. The fraction of sp³-hybridized carbons (Fsp3) is 0.0370. The zero-order chi connectivity index (χ0) is 24.6. The molecule has 0 unspecified atom stereocenters. The lowest BCUT2D eigenvalue weighted by Crippen LogP contribution is -2.19. The molecule has 0 saturated heterocycles. The predicted molar refractivity (Wildman–Crippen MR) is 137 cm³/mol. The van der Waals surface area contributed by atoms with Crippen LogP contribution in [0.5, 0.6) is 11.5 Å². The van der Waals surface area contributed by atoms with Crippen LogP contribution in [0.4, 0.5) is 32.3 Å². The van der Waals surface area contributed by atoms with E-state index in [1.807, 2.05) is 48.5 Å². The normalized spacial score (nSPS) is 10.3. The molecule has 0 aliphatic carbocycles. The van der Waals surface area contributed by atoms with Crippen LogP contribution < -0.4 is 21.3 Å². The SMILES string of the molecule is O=C(Nc1ccc(Cc2ccc(NC(=O)Nc3cccc(O)c3)cc2)cc1)Nc1cccc(O)c1. The van der Waals surface area contributed by atoms with Gasteiger partial charge in [0, 0.05) is 34.9 Å². The quantitative estimate of drug-likeness (QED) is 0.208. The second-order valence-electron chi connectivity index (χ2n) is 7.83. The number of nitrogens with one attached hydrogen (secondary N) is 4. The minimum Gasteiger partial charge on any atom is -0.508 e. The average molecular weight is 469 g/mol. The summed E-state index contributed by atoms with van der Waals surface area (Å²) in [6.45, 7) is 0. The zero-order valence-electron chi connectivity index (χ0n) is 18.7. The van der Waals surface area contributed by atoms with Crippen LogP contribution in [-0.2, 0) is 6.42 Å². The van der Waals surface area contributed by atoms with Gasteiger partial charge in [0.1, 0.15) is 11.5 Å². The number of anilines is 4. The first-order valence-corrected chi connectivity index (χ1v) is 10.8. The van der Waals surface area contributed by atoms with Crippen LogP contribution in [0, 0.1) is 0 Å². The Balaban J connectivity index is 1.27. The van der Waals surface area contributed by atoms with E-state index in [0.717, 1.165) is 11.1 Å². The monoisotopic (exact) mass is 468 g/mol. The molecule has 4 rings (SSSR count). The maximum absolute atomic E-state index is 12.1. The molecule has 0 spiro atoms. The van der Waals surface area contributed by atoms with E-state index in [-0.39, 0.29) is 11.5 Å². The van der Waals surface area contributed by atoms with Crippen LogP contribution >= 0.6 is 0 Å². The van der Waals surface area contributed by atoms with Crippen LogP contribution in [0.2, 0.25) is 0 Å². The maximum Gasteiger partial charge on any atom is 0.323 e. The number of benzene rings is 4. The Bertz CT molecular complexity index is 1220. The number of hydrogen-bond donors (Lipinski definition) is 6. The predicted octanol–water partition coefficient (Wildman–Crippen LogP) is 5.98. The fourth-order valence-electron chi connectivity index (χ4n) is 3.40. The molecule has 0 heterocycles. The lowest BCUT2D eigenvalue weighted by molar-refractivity contribution is 0.261. The van der Waals surface area contributed by atoms with Gasteiger partial charge in [0.25, 0.3) is 0 Å². The molecule has 6 N–H and O–H groups in total. The van der Waals surface area contributed by atoms with Gasteiger partial charge in [-0.25, -0.2) is 9.59 Å². The first-order chi connectivity index (χ1) is 16.9. The molecule has 0 atom stereocenters. The number of amides is 4. The van der Waals surface area contributed by atoms with Crippen molar-refractivity contribution in [3.63, 3.8) is 0 Å². The maximum atomic E-state index is 12.1. The zero-order valence-corrected chi connectivity index (χ0v) is 18.7. The molecule has 0 bridgehead atoms. The van der Waals surface area contributed by atoms with E-state index in [2.05, 4.69) is 21.3 Å². The molecule has 8 heteroatoms.